The number of hydrogen-bond acceptors (Lipinski definition) is 5. The van der Waals surface area contributed by atoms with Gasteiger partial charge in [0.25, 0.3) is 0 Å². The fourth-order valence-electron chi connectivity index (χ4n) is 2.83. The first-order chi connectivity index (χ1) is 12.1. The van der Waals surface area contributed by atoms with Crippen LogP contribution in [0.2, 0.25) is 0 Å². The lowest BCUT2D eigenvalue weighted by Gasteiger charge is -2.31. The minimum atomic E-state index is -0.440. The van der Waals surface area contributed by atoms with E-state index in [1.807, 2.05) is 31.2 Å². The molecule has 0 bridgehead atoms. The fraction of sp³-hybridized carbons (Fsp3) is 0.368. The zero-order chi connectivity index (χ0) is 17.8. The third-order valence-corrected chi connectivity index (χ3v) is 4.65. The van der Waals surface area contributed by atoms with Gasteiger partial charge in [0.15, 0.2) is 6.61 Å². The molecule has 1 atom stereocenters. The molecule has 2 aromatic rings. The molecule has 2 N–H and O–H groups in total. The van der Waals surface area contributed by atoms with Crippen LogP contribution in [-0.4, -0.2) is 38.7 Å². The normalized spacial score (nSPS) is 14.7. The van der Waals surface area contributed by atoms with Crippen LogP contribution in [0, 0.1) is 11.8 Å². The number of benzene rings is 2. The van der Waals surface area contributed by atoms with E-state index in [4.69, 9.17) is 4.74 Å². The summed E-state index contributed by atoms with van der Waals surface area (Å²) in [5.41, 5.74) is 0.741. The first-order valence-corrected chi connectivity index (χ1v) is 8.33. The molecule has 26 heavy (non-hydrogen) atoms. The van der Waals surface area contributed by atoms with Crippen molar-refractivity contribution in [2.75, 3.05) is 32.1 Å². The fourth-order valence-corrected chi connectivity index (χ4v) is 2.83. The number of anilines is 1. The molecule has 1 fully saturated rings. The molecular weight excluding hydrogens is 356 g/mol. The van der Waals surface area contributed by atoms with Crippen LogP contribution >= 0.6 is 12.4 Å². The topological polar surface area (TPSA) is 76.7 Å². The first kappa shape index (κ1) is 20.0. The standard InChI is InChI=1S/C19H22N2O4.ClH/c1-12(13-9-20-10-13)19(23)21-16-7-8-17(25-11-18(22)24-2)15-6-4-3-5-14(15)16;/h3-8,12-13,20H,9-11H2,1-2H3,(H,21,23);1H. The zero-order valence-electron chi connectivity index (χ0n) is 14.8. The molecule has 1 heterocycles. The number of halogens is 1. The first-order valence-electron chi connectivity index (χ1n) is 8.33. The third-order valence-electron chi connectivity index (χ3n) is 4.65. The Kier molecular flexibility index (Phi) is 6.83. The molecule has 0 saturated carbocycles. The SMILES string of the molecule is COC(=O)COc1ccc(NC(=O)C(C)C2CNC2)c2ccccc12.Cl. The number of nitrogens with one attached hydrogen (secondary N) is 2. The predicted molar refractivity (Wildman–Crippen MR) is 103 cm³/mol. The Morgan fingerprint density at radius 3 is 2.50 bits per heavy atom. The van der Waals surface area contributed by atoms with E-state index in [1.165, 1.54) is 7.11 Å². The molecule has 1 aliphatic heterocycles. The maximum absolute atomic E-state index is 12.5. The van der Waals surface area contributed by atoms with Gasteiger partial charge in [0.2, 0.25) is 5.91 Å². The van der Waals surface area contributed by atoms with Gasteiger partial charge in [-0.1, -0.05) is 31.2 Å². The monoisotopic (exact) mass is 378 g/mol. The van der Waals surface area contributed by atoms with Crippen LogP contribution in [-0.2, 0) is 14.3 Å². The number of amides is 1. The Bertz CT molecular complexity index is 792. The lowest BCUT2D eigenvalue weighted by Crippen LogP contribution is -2.48. The predicted octanol–water partition coefficient (Wildman–Crippen LogP) is 2.61. The summed E-state index contributed by atoms with van der Waals surface area (Å²) in [6, 6.07) is 11.2. The summed E-state index contributed by atoms with van der Waals surface area (Å²) in [5, 5.41) is 7.92. The second kappa shape index (κ2) is 8.87. The van der Waals surface area contributed by atoms with E-state index >= 15 is 0 Å². The number of carbonyl (C=O) groups excluding carboxylic acids is 2. The molecule has 0 aliphatic carbocycles. The molecule has 1 aliphatic rings. The molecule has 0 radical (unpaired) electrons. The molecular formula is C19H23ClN2O4. The summed E-state index contributed by atoms with van der Waals surface area (Å²) < 4.78 is 10.1. The number of hydrogen-bond donors (Lipinski definition) is 2. The summed E-state index contributed by atoms with van der Waals surface area (Å²) in [5.74, 6) is 0.490. The van der Waals surface area contributed by atoms with Crippen LogP contribution in [0.25, 0.3) is 10.8 Å². The van der Waals surface area contributed by atoms with Gasteiger partial charge in [-0.15, -0.1) is 12.4 Å². The summed E-state index contributed by atoms with van der Waals surface area (Å²) in [6.07, 6.45) is 0. The molecule has 1 saturated heterocycles. The van der Waals surface area contributed by atoms with Gasteiger partial charge in [0.1, 0.15) is 5.75 Å². The van der Waals surface area contributed by atoms with E-state index in [1.54, 1.807) is 12.1 Å². The van der Waals surface area contributed by atoms with Crippen molar-refractivity contribution in [1.29, 1.82) is 0 Å². The van der Waals surface area contributed by atoms with Crippen LogP contribution in [0.4, 0.5) is 5.69 Å². The molecule has 0 aromatic heterocycles. The van der Waals surface area contributed by atoms with E-state index in [0.717, 1.165) is 29.5 Å². The van der Waals surface area contributed by atoms with Gasteiger partial charge in [-0.2, -0.15) is 0 Å². The Balaban J connectivity index is 0.00000243. The van der Waals surface area contributed by atoms with Crippen LogP contribution in [0.5, 0.6) is 5.75 Å². The van der Waals surface area contributed by atoms with Crippen molar-refractivity contribution in [3.8, 4) is 5.75 Å². The summed E-state index contributed by atoms with van der Waals surface area (Å²) in [7, 11) is 1.32. The van der Waals surface area contributed by atoms with Gasteiger partial charge in [-0.3, -0.25) is 4.79 Å². The van der Waals surface area contributed by atoms with E-state index in [0.29, 0.717) is 11.7 Å². The molecule has 2 aromatic carbocycles. The number of rotatable bonds is 6. The maximum Gasteiger partial charge on any atom is 0.343 e. The number of fused-ring (bicyclic) bond motifs is 1. The van der Waals surface area contributed by atoms with Crippen molar-refractivity contribution in [2.45, 2.75) is 6.92 Å². The Morgan fingerprint density at radius 2 is 1.88 bits per heavy atom. The van der Waals surface area contributed by atoms with E-state index < -0.39 is 5.97 Å². The van der Waals surface area contributed by atoms with Crippen LogP contribution in [0.3, 0.4) is 0 Å². The number of methoxy groups -OCH3 is 1. The molecule has 6 nitrogen and oxygen atoms in total. The number of carbonyl (C=O) groups is 2. The lowest BCUT2D eigenvalue weighted by atomic mass is 9.88. The van der Waals surface area contributed by atoms with E-state index in [9.17, 15) is 9.59 Å². The highest BCUT2D eigenvalue weighted by molar-refractivity contribution is 6.04. The van der Waals surface area contributed by atoms with Gasteiger partial charge < -0.3 is 20.1 Å². The quantitative estimate of drug-likeness (QED) is 0.755. The minimum absolute atomic E-state index is 0. The van der Waals surface area contributed by atoms with Crippen molar-refractivity contribution < 1.29 is 19.1 Å². The minimum Gasteiger partial charge on any atom is -0.481 e. The summed E-state index contributed by atoms with van der Waals surface area (Å²) in [6.45, 7) is 3.57. The molecule has 7 heteroatoms. The molecule has 1 amide bonds. The van der Waals surface area contributed by atoms with Gasteiger partial charge >= 0.3 is 5.97 Å². The van der Waals surface area contributed by atoms with Crippen molar-refractivity contribution in [1.82, 2.24) is 5.32 Å². The summed E-state index contributed by atoms with van der Waals surface area (Å²) >= 11 is 0. The Hall–Kier alpha value is -2.31. The average Bonchev–Trinajstić information content (AvgIpc) is 2.59. The highest BCUT2D eigenvalue weighted by atomic mass is 35.5. The molecule has 3 rings (SSSR count). The van der Waals surface area contributed by atoms with Crippen LogP contribution < -0.4 is 15.4 Å². The van der Waals surface area contributed by atoms with Crippen molar-refractivity contribution in [2.24, 2.45) is 11.8 Å². The molecule has 0 spiro atoms. The zero-order valence-corrected chi connectivity index (χ0v) is 15.6. The van der Waals surface area contributed by atoms with Gasteiger partial charge in [-0.05, 0) is 31.1 Å². The molecule has 1 unspecified atom stereocenters. The van der Waals surface area contributed by atoms with E-state index in [2.05, 4.69) is 15.4 Å². The number of esters is 1. The largest absolute Gasteiger partial charge is 0.481 e. The smallest absolute Gasteiger partial charge is 0.343 e. The molecule has 140 valence electrons. The van der Waals surface area contributed by atoms with Crippen LogP contribution in [0.15, 0.2) is 36.4 Å². The third kappa shape index (κ3) is 4.26. The second-order valence-electron chi connectivity index (χ2n) is 6.22. The van der Waals surface area contributed by atoms with Crippen molar-refractivity contribution in [3.05, 3.63) is 36.4 Å². The Labute approximate surface area is 158 Å². The van der Waals surface area contributed by atoms with Gasteiger partial charge in [0, 0.05) is 22.4 Å². The lowest BCUT2D eigenvalue weighted by molar-refractivity contribution is -0.142. The highest BCUT2D eigenvalue weighted by Crippen LogP contribution is 2.32. The second-order valence-corrected chi connectivity index (χ2v) is 6.22. The van der Waals surface area contributed by atoms with Gasteiger partial charge in [0.05, 0.1) is 7.11 Å². The Morgan fingerprint density at radius 1 is 1.19 bits per heavy atom. The van der Waals surface area contributed by atoms with Crippen LogP contribution in [0.1, 0.15) is 6.92 Å². The maximum atomic E-state index is 12.5. The highest BCUT2D eigenvalue weighted by Gasteiger charge is 2.28. The van der Waals surface area contributed by atoms with Crippen molar-refractivity contribution in [3.63, 3.8) is 0 Å². The summed E-state index contributed by atoms with van der Waals surface area (Å²) in [4.78, 5) is 23.8. The average molecular weight is 379 g/mol. The number of ether oxygens (including phenoxy) is 2. The van der Waals surface area contributed by atoms with Gasteiger partial charge in [-0.25, -0.2) is 4.79 Å². The van der Waals surface area contributed by atoms with E-state index in [-0.39, 0.29) is 30.8 Å². The van der Waals surface area contributed by atoms with Crippen molar-refractivity contribution >= 4 is 40.7 Å².